The Morgan fingerprint density at radius 2 is 1.76 bits per heavy atom. The zero-order valence-electron chi connectivity index (χ0n) is 14.7. The number of hydrogen-bond donors (Lipinski definition) is 0. The minimum absolute atomic E-state index is 0. The second-order valence-electron chi connectivity index (χ2n) is 6.13. The van der Waals surface area contributed by atoms with Gasteiger partial charge in [-0.15, -0.1) is 12.4 Å². The summed E-state index contributed by atoms with van der Waals surface area (Å²) in [6.07, 6.45) is 2.08. The average molecular weight is 358 g/mol. The first-order valence-electron chi connectivity index (χ1n) is 8.35. The van der Waals surface area contributed by atoms with Gasteiger partial charge in [-0.2, -0.15) is 0 Å². The fraction of sp³-hybridized carbons (Fsp3) is 0.300. The molecule has 132 valence electrons. The maximum absolute atomic E-state index is 11.6. The minimum atomic E-state index is 0. The number of aromatic nitrogens is 2. The molecule has 0 radical (unpaired) electrons. The van der Waals surface area contributed by atoms with E-state index in [-0.39, 0.29) is 18.3 Å². The Kier molecular flexibility index (Phi) is 6.59. The molecule has 1 aromatic heterocycles. The van der Waals surface area contributed by atoms with Crippen molar-refractivity contribution in [2.24, 2.45) is 0 Å². The van der Waals surface area contributed by atoms with Gasteiger partial charge in [0, 0.05) is 20.5 Å². The number of carbonyl (C=O) groups excluding carboxylic acids is 1. The first-order chi connectivity index (χ1) is 11.6. The van der Waals surface area contributed by atoms with Crippen LogP contribution in [-0.2, 0) is 24.3 Å². The van der Waals surface area contributed by atoms with Crippen molar-refractivity contribution < 1.29 is 4.79 Å². The molecular formula is C20H24ClN3O. The number of halogens is 1. The molecule has 0 saturated heterocycles. The molecule has 25 heavy (non-hydrogen) atoms. The monoisotopic (exact) mass is 357 g/mol. The molecule has 0 unspecified atom stereocenters. The van der Waals surface area contributed by atoms with Crippen molar-refractivity contribution in [2.45, 2.75) is 32.9 Å². The highest BCUT2D eigenvalue weighted by Crippen LogP contribution is 2.18. The SMILES string of the molecule is CC(=O)N(C)Cc1nc2ccccc2n1CCCc1ccccc1.Cl. The number of imidazole rings is 1. The van der Waals surface area contributed by atoms with E-state index in [1.165, 1.54) is 5.56 Å². The highest BCUT2D eigenvalue weighted by Gasteiger charge is 2.13. The highest BCUT2D eigenvalue weighted by atomic mass is 35.5. The third-order valence-electron chi connectivity index (χ3n) is 4.34. The number of fused-ring (bicyclic) bond motifs is 1. The zero-order chi connectivity index (χ0) is 16.9. The molecule has 4 nitrogen and oxygen atoms in total. The van der Waals surface area contributed by atoms with Crippen LogP contribution >= 0.6 is 12.4 Å². The van der Waals surface area contributed by atoms with Gasteiger partial charge < -0.3 is 9.47 Å². The van der Waals surface area contributed by atoms with Crippen LogP contribution in [0.15, 0.2) is 54.6 Å². The van der Waals surface area contributed by atoms with Crippen LogP contribution < -0.4 is 0 Å². The van der Waals surface area contributed by atoms with Crippen LogP contribution in [0.2, 0.25) is 0 Å². The highest BCUT2D eigenvalue weighted by molar-refractivity contribution is 5.85. The van der Waals surface area contributed by atoms with E-state index in [0.717, 1.165) is 36.2 Å². The second-order valence-corrected chi connectivity index (χ2v) is 6.13. The molecule has 0 saturated carbocycles. The number of hydrogen-bond acceptors (Lipinski definition) is 2. The molecule has 0 N–H and O–H groups in total. The third kappa shape index (κ3) is 4.60. The minimum Gasteiger partial charge on any atom is -0.339 e. The first-order valence-corrected chi connectivity index (χ1v) is 8.35. The van der Waals surface area contributed by atoms with Gasteiger partial charge in [-0.1, -0.05) is 42.5 Å². The Bertz CT molecular complexity index is 829. The van der Waals surface area contributed by atoms with E-state index in [0.29, 0.717) is 6.54 Å². The van der Waals surface area contributed by atoms with Crippen LogP contribution in [0.5, 0.6) is 0 Å². The topological polar surface area (TPSA) is 38.1 Å². The Morgan fingerprint density at radius 1 is 1.08 bits per heavy atom. The fourth-order valence-electron chi connectivity index (χ4n) is 2.91. The summed E-state index contributed by atoms with van der Waals surface area (Å²) in [5.41, 5.74) is 3.48. The molecular weight excluding hydrogens is 334 g/mol. The number of rotatable bonds is 6. The maximum atomic E-state index is 11.6. The Balaban J connectivity index is 0.00000225. The van der Waals surface area contributed by atoms with Crippen molar-refractivity contribution in [1.82, 2.24) is 14.5 Å². The third-order valence-corrected chi connectivity index (χ3v) is 4.34. The molecule has 0 aliphatic rings. The van der Waals surface area contributed by atoms with Crippen molar-refractivity contribution in [3.63, 3.8) is 0 Å². The van der Waals surface area contributed by atoms with Gasteiger partial charge in [0.1, 0.15) is 5.82 Å². The van der Waals surface area contributed by atoms with E-state index in [2.05, 4.69) is 34.9 Å². The van der Waals surface area contributed by atoms with Gasteiger partial charge in [-0.05, 0) is 30.5 Å². The van der Waals surface area contributed by atoms with Gasteiger partial charge in [0.05, 0.1) is 17.6 Å². The average Bonchev–Trinajstić information content (AvgIpc) is 2.93. The Morgan fingerprint density at radius 3 is 2.48 bits per heavy atom. The molecule has 0 aliphatic carbocycles. The fourth-order valence-corrected chi connectivity index (χ4v) is 2.91. The van der Waals surface area contributed by atoms with E-state index in [9.17, 15) is 4.79 Å². The molecule has 0 spiro atoms. The van der Waals surface area contributed by atoms with Crippen LogP contribution in [0.4, 0.5) is 0 Å². The van der Waals surface area contributed by atoms with Gasteiger partial charge >= 0.3 is 0 Å². The van der Waals surface area contributed by atoms with Crippen molar-refractivity contribution >= 4 is 29.3 Å². The van der Waals surface area contributed by atoms with Crippen LogP contribution in [0, 0.1) is 0 Å². The first kappa shape index (κ1) is 19.0. The lowest BCUT2D eigenvalue weighted by molar-refractivity contribution is -0.128. The summed E-state index contributed by atoms with van der Waals surface area (Å²) >= 11 is 0. The molecule has 1 amide bonds. The van der Waals surface area contributed by atoms with Crippen LogP contribution in [-0.4, -0.2) is 27.4 Å². The molecule has 0 fully saturated rings. The van der Waals surface area contributed by atoms with Gasteiger partial charge in [0.25, 0.3) is 0 Å². The summed E-state index contributed by atoms with van der Waals surface area (Å²) in [5, 5.41) is 0. The quantitative estimate of drug-likeness (QED) is 0.667. The number of aryl methyl sites for hydroxylation is 2. The molecule has 5 heteroatoms. The number of benzene rings is 2. The molecule has 0 aliphatic heterocycles. The predicted molar refractivity (Wildman–Crippen MR) is 104 cm³/mol. The van der Waals surface area contributed by atoms with E-state index in [1.54, 1.807) is 11.8 Å². The van der Waals surface area contributed by atoms with E-state index in [1.807, 2.05) is 31.3 Å². The molecule has 0 atom stereocenters. The summed E-state index contributed by atoms with van der Waals surface area (Å²) < 4.78 is 2.25. The van der Waals surface area contributed by atoms with Gasteiger partial charge in [-0.3, -0.25) is 4.79 Å². The molecule has 3 rings (SSSR count). The largest absolute Gasteiger partial charge is 0.339 e. The standard InChI is InChI=1S/C20H23N3O.ClH/c1-16(24)22(2)15-20-21-18-12-6-7-13-19(18)23(20)14-8-11-17-9-4-3-5-10-17;/h3-7,9-10,12-13H,8,11,14-15H2,1-2H3;1H. The molecule has 3 aromatic rings. The van der Waals surface area contributed by atoms with Crippen LogP contribution in [0.3, 0.4) is 0 Å². The van der Waals surface area contributed by atoms with E-state index < -0.39 is 0 Å². The van der Waals surface area contributed by atoms with Gasteiger partial charge in [-0.25, -0.2) is 4.98 Å². The Labute approximate surface area is 154 Å². The van der Waals surface area contributed by atoms with Crippen molar-refractivity contribution in [2.75, 3.05) is 7.05 Å². The summed E-state index contributed by atoms with van der Waals surface area (Å²) in [6, 6.07) is 18.7. The molecule has 2 aromatic carbocycles. The maximum Gasteiger partial charge on any atom is 0.219 e. The molecule has 1 heterocycles. The lowest BCUT2D eigenvalue weighted by atomic mass is 10.1. The molecule has 0 bridgehead atoms. The lowest BCUT2D eigenvalue weighted by Gasteiger charge is -2.16. The summed E-state index contributed by atoms with van der Waals surface area (Å²) in [4.78, 5) is 18.0. The van der Waals surface area contributed by atoms with Gasteiger partial charge in [0.15, 0.2) is 0 Å². The van der Waals surface area contributed by atoms with Crippen molar-refractivity contribution in [1.29, 1.82) is 0 Å². The normalized spacial score (nSPS) is 10.5. The van der Waals surface area contributed by atoms with Crippen molar-refractivity contribution in [3.8, 4) is 0 Å². The van der Waals surface area contributed by atoms with Gasteiger partial charge in [0.2, 0.25) is 5.91 Å². The smallest absolute Gasteiger partial charge is 0.219 e. The van der Waals surface area contributed by atoms with Crippen LogP contribution in [0.25, 0.3) is 11.0 Å². The second kappa shape index (κ2) is 8.67. The summed E-state index contributed by atoms with van der Waals surface area (Å²) in [5.74, 6) is 1.000. The number of amides is 1. The number of carbonyl (C=O) groups is 1. The van der Waals surface area contributed by atoms with E-state index >= 15 is 0 Å². The van der Waals surface area contributed by atoms with Crippen molar-refractivity contribution in [3.05, 3.63) is 66.0 Å². The van der Waals surface area contributed by atoms with Crippen LogP contribution in [0.1, 0.15) is 24.7 Å². The summed E-state index contributed by atoms with van der Waals surface area (Å²) in [6.45, 7) is 3.02. The van der Waals surface area contributed by atoms with E-state index in [4.69, 9.17) is 4.98 Å². The number of nitrogens with zero attached hydrogens (tertiary/aromatic N) is 3. The Hall–Kier alpha value is -2.33. The lowest BCUT2D eigenvalue weighted by Crippen LogP contribution is -2.25. The number of para-hydroxylation sites is 2. The zero-order valence-corrected chi connectivity index (χ0v) is 15.5. The summed E-state index contributed by atoms with van der Waals surface area (Å²) in [7, 11) is 1.82. The predicted octanol–water partition coefficient (Wildman–Crippen LogP) is 4.07.